The molecule has 0 amide bonds. The Morgan fingerprint density at radius 3 is 2.65 bits per heavy atom. The highest BCUT2D eigenvalue weighted by Gasteiger charge is 2.19. The van der Waals surface area contributed by atoms with E-state index in [0.29, 0.717) is 10.0 Å². The lowest BCUT2D eigenvalue weighted by Crippen LogP contribution is -2.07. The van der Waals surface area contributed by atoms with Gasteiger partial charge in [-0.1, -0.05) is 6.07 Å². The van der Waals surface area contributed by atoms with Crippen molar-refractivity contribution in [3.63, 3.8) is 0 Å². The highest BCUT2D eigenvalue weighted by molar-refractivity contribution is 9.10. The van der Waals surface area contributed by atoms with E-state index in [1.165, 1.54) is 18.3 Å². The second kappa shape index (κ2) is 5.72. The number of aromatic nitrogens is 1. The summed E-state index contributed by atoms with van der Waals surface area (Å²) in [6.07, 6.45) is 3.02. The van der Waals surface area contributed by atoms with E-state index in [9.17, 15) is 13.2 Å². The summed E-state index contributed by atoms with van der Waals surface area (Å²) >= 11 is 3.08. The molecule has 104 valence electrons. The van der Waals surface area contributed by atoms with Crippen LogP contribution in [-0.4, -0.2) is 24.5 Å². The molecule has 0 unspecified atom stereocenters. The Morgan fingerprint density at radius 1 is 1.30 bits per heavy atom. The molecule has 0 saturated carbocycles. The van der Waals surface area contributed by atoms with Gasteiger partial charge >= 0.3 is 5.97 Å². The average Bonchev–Trinajstić information content (AvgIpc) is 2.39. The van der Waals surface area contributed by atoms with Crippen LogP contribution < -0.4 is 0 Å². The van der Waals surface area contributed by atoms with E-state index >= 15 is 0 Å². The zero-order valence-corrected chi connectivity index (χ0v) is 12.6. The number of sulfone groups is 1. The number of carboxylic acid groups (broad SMARTS) is 1. The van der Waals surface area contributed by atoms with Crippen LogP contribution >= 0.6 is 15.9 Å². The molecule has 0 bridgehead atoms. The Bertz CT molecular complexity index is 744. The Labute approximate surface area is 124 Å². The van der Waals surface area contributed by atoms with Crippen LogP contribution in [0.15, 0.2) is 52.1 Å². The fraction of sp³-hybridized carbons (Fsp3) is 0.0769. The van der Waals surface area contributed by atoms with E-state index in [2.05, 4.69) is 20.9 Å². The number of rotatable bonds is 4. The van der Waals surface area contributed by atoms with Gasteiger partial charge in [-0.05, 0) is 45.8 Å². The summed E-state index contributed by atoms with van der Waals surface area (Å²) in [5.74, 6) is -1.41. The molecule has 0 atom stereocenters. The van der Waals surface area contributed by atoms with E-state index in [-0.39, 0.29) is 16.2 Å². The monoisotopic (exact) mass is 355 g/mol. The molecule has 1 aromatic carbocycles. The maximum atomic E-state index is 12.3. The van der Waals surface area contributed by atoms with Crippen LogP contribution in [0.1, 0.15) is 15.9 Å². The van der Waals surface area contributed by atoms with Gasteiger partial charge in [0.1, 0.15) is 0 Å². The number of halogens is 1. The van der Waals surface area contributed by atoms with Crippen LogP contribution in [0.4, 0.5) is 0 Å². The normalized spacial score (nSPS) is 11.2. The summed E-state index contributed by atoms with van der Waals surface area (Å²) < 4.78 is 24.8. The van der Waals surface area contributed by atoms with Crippen molar-refractivity contribution >= 4 is 31.7 Å². The zero-order chi connectivity index (χ0) is 14.8. The average molecular weight is 356 g/mol. The molecule has 1 N–H and O–H groups in total. The summed E-state index contributed by atoms with van der Waals surface area (Å²) in [4.78, 5) is 14.9. The van der Waals surface area contributed by atoms with Gasteiger partial charge in [0.15, 0.2) is 9.84 Å². The molecule has 5 nitrogen and oxygen atoms in total. The highest BCUT2D eigenvalue weighted by atomic mass is 79.9. The fourth-order valence-corrected chi connectivity index (χ4v) is 3.41. The van der Waals surface area contributed by atoms with Crippen molar-refractivity contribution in [1.82, 2.24) is 4.98 Å². The first-order valence-corrected chi connectivity index (χ1v) is 7.99. The quantitative estimate of drug-likeness (QED) is 0.910. The lowest BCUT2D eigenvalue weighted by atomic mass is 10.2. The predicted octanol–water partition coefficient (Wildman–Crippen LogP) is 2.52. The van der Waals surface area contributed by atoms with E-state index in [1.807, 2.05) is 0 Å². The minimum Gasteiger partial charge on any atom is -0.478 e. The van der Waals surface area contributed by atoms with Gasteiger partial charge in [-0.25, -0.2) is 13.2 Å². The second-order valence-corrected chi connectivity index (χ2v) is 6.91. The minimum atomic E-state index is -3.61. The third kappa shape index (κ3) is 3.23. The first-order valence-electron chi connectivity index (χ1n) is 5.54. The van der Waals surface area contributed by atoms with Crippen molar-refractivity contribution in [3.8, 4) is 0 Å². The molecule has 0 spiro atoms. The highest BCUT2D eigenvalue weighted by Crippen LogP contribution is 2.23. The van der Waals surface area contributed by atoms with Crippen LogP contribution in [-0.2, 0) is 15.6 Å². The number of carbonyl (C=O) groups is 1. The number of carboxylic acids is 1. The molecule has 20 heavy (non-hydrogen) atoms. The van der Waals surface area contributed by atoms with E-state index in [0.717, 1.165) is 6.07 Å². The topological polar surface area (TPSA) is 84.3 Å². The summed E-state index contributed by atoms with van der Waals surface area (Å²) in [7, 11) is -3.61. The van der Waals surface area contributed by atoms with Gasteiger partial charge in [0, 0.05) is 16.9 Å². The molecule has 0 fully saturated rings. The Hall–Kier alpha value is -1.73. The number of nitrogens with zero attached hydrogens (tertiary/aromatic N) is 1. The van der Waals surface area contributed by atoms with Gasteiger partial charge in [-0.3, -0.25) is 4.98 Å². The van der Waals surface area contributed by atoms with Crippen LogP contribution in [0.25, 0.3) is 0 Å². The number of pyridine rings is 1. The number of aromatic carboxylic acids is 1. The van der Waals surface area contributed by atoms with Gasteiger partial charge in [0.2, 0.25) is 0 Å². The molecule has 0 aliphatic carbocycles. The molecule has 1 heterocycles. The second-order valence-electron chi connectivity index (χ2n) is 4.07. The maximum Gasteiger partial charge on any atom is 0.336 e. The lowest BCUT2D eigenvalue weighted by Gasteiger charge is -2.06. The third-order valence-electron chi connectivity index (χ3n) is 2.61. The summed E-state index contributed by atoms with van der Waals surface area (Å²) in [5.41, 5.74) is 0.463. The van der Waals surface area contributed by atoms with Crippen LogP contribution in [0, 0.1) is 0 Å². The van der Waals surface area contributed by atoms with E-state index in [4.69, 9.17) is 5.11 Å². The Morgan fingerprint density at radius 2 is 2.05 bits per heavy atom. The van der Waals surface area contributed by atoms with Crippen LogP contribution in [0.2, 0.25) is 0 Å². The molecule has 2 aromatic rings. The number of hydrogen-bond acceptors (Lipinski definition) is 4. The number of benzene rings is 1. The van der Waals surface area contributed by atoms with E-state index in [1.54, 1.807) is 18.3 Å². The van der Waals surface area contributed by atoms with Crippen molar-refractivity contribution in [2.45, 2.75) is 10.6 Å². The zero-order valence-electron chi connectivity index (χ0n) is 10.2. The summed E-state index contributed by atoms with van der Waals surface area (Å²) in [6, 6.07) is 7.25. The minimum absolute atomic E-state index is 0.0260. The van der Waals surface area contributed by atoms with Crippen molar-refractivity contribution in [3.05, 3.63) is 58.3 Å². The van der Waals surface area contributed by atoms with Gasteiger partial charge in [-0.15, -0.1) is 0 Å². The molecule has 0 saturated heterocycles. The van der Waals surface area contributed by atoms with Crippen LogP contribution in [0.5, 0.6) is 0 Å². The van der Waals surface area contributed by atoms with E-state index < -0.39 is 15.8 Å². The van der Waals surface area contributed by atoms with Crippen molar-refractivity contribution in [2.24, 2.45) is 0 Å². The van der Waals surface area contributed by atoms with Crippen molar-refractivity contribution in [2.75, 3.05) is 0 Å². The smallest absolute Gasteiger partial charge is 0.336 e. The molecule has 0 aliphatic rings. The van der Waals surface area contributed by atoms with Gasteiger partial charge < -0.3 is 5.11 Å². The first kappa shape index (κ1) is 14.7. The van der Waals surface area contributed by atoms with Gasteiger partial charge in [-0.2, -0.15) is 0 Å². The lowest BCUT2D eigenvalue weighted by molar-refractivity contribution is 0.0695. The third-order valence-corrected chi connectivity index (χ3v) is 4.98. The van der Waals surface area contributed by atoms with Crippen LogP contribution in [0.3, 0.4) is 0 Å². The summed E-state index contributed by atoms with van der Waals surface area (Å²) in [6.45, 7) is 0. The van der Waals surface area contributed by atoms with Gasteiger partial charge in [0.25, 0.3) is 0 Å². The standard InChI is InChI=1S/C13H10BrNO4S/c14-12-4-3-10(6-11(12)13(16)17)20(18,19)8-9-2-1-5-15-7-9/h1-7H,8H2,(H,16,17). The van der Waals surface area contributed by atoms with Crippen molar-refractivity contribution in [1.29, 1.82) is 0 Å². The summed E-state index contributed by atoms with van der Waals surface area (Å²) in [5, 5.41) is 9.01. The molecule has 7 heteroatoms. The predicted molar refractivity (Wildman–Crippen MR) is 76.2 cm³/mol. The fourth-order valence-electron chi connectivity index (χ4n) is 1.65. The maximum absolute atomic E-state index is 12.3. The largest absolute Gasteiger partial charge is 0.478 e. The molecular weight excluding hydrogens is 346 g/mol. The Kier molecular flexibility index (Phi) is 4.20. The molecular formula is C13H10BrNO4S. The number of hydrogen-bond donors (Lipinski definition) is 1. The molecule has 0 radical (unpaired) electrons. The molecule has 0 aliphatic heterocycles. The first-order chi connectivity index (χ1) is 9.40. The SMILES string of the molecule is O=C(O)c1cc(S(=O)(=O)Cc2cccnc2)ccc1Br. The molecule has 2 rings (SSSR count). The van der Waals surface area contributed by atoms with Gasteiger partial charge in [0.05, 0.1) is 16.2 Å². The Balaban J connectivity index is 2.40. The molecule has 1 aromatic heterocycles. The van der Waals surface area contributed by atoms with Crippen molar-refractivity contribution < 1.29 is 18.3 Å².